The zero-order chi connectivity index (χ0) is 14.8. The fourth-order valence-corrected chi connectivity index (χ4v) is 1.75. The topological polar surface area (TPSA) is 84.2 Å². The van der Waals surface area contributed by atoms with E-state index >= 15 is 0 Å². The lowest BCUT2D eigenvalue weighted by atomic mass is 10.1. The smallest absolute Gasteiger partial charge is 0.251 e. The largest absolute Gasteiger partial charge is 0.354 e. The first-order valence-electron chi connectivity index (χ1n) is 7.01. The predicted octanol–water partition coefficient (Wildman–Crippen LogP) is 1.18. The molecule has 0 heterocycles. The van der Waals surface area contributed by atoms with E-state index in [9.17, 15) is 9.59 Å². The average molecular weight is 277 g/mol. The molecule has 5 nitrogen and oxygen atoms in total. The maximum absolute atomic E-state index is 11.9. The third kappa shape index (κ3) is 5.84. The van der Waals surface area contributed by atoms with Gasteiger partial charge in [0.05, 0.1) is 0 Å². The Balaban J connectivity index is 2.27. The summed E-state index contributed by atoms with van der Waals surface area (Å²) in [6.07, 6.45) is 2.44. The molecule has 0 aliphatic carbocycles. The molecule has 5 heteroatoms. The number of hydrogen-bond donors (Lipinski definition) is 3. The SMILES string of the molecule is CCCCC(=O)NCCNC(=O)c1cccc(CN)c1. The van der Waals surface area contributed by atoms with E-state index in [0.717, 1.165) is 18.4 Å². The number of benzene rings is 1. The molecule has 0 aliphatic rings. The molecule has 2 amide bonds. The van der Waals surface area contributed by atoms with Gasteiger partial charge in [0.1, 0.15) is 0 Å². The van der Waals surface area contributed by atoms with Gasteiger partial charge in [-0.05, 0) is 24.1 Å². The minimum absolute atomic E-state index is 0.0335. The Bertz CT molecular complexity index is 446. The van der Waals surface area contributed by atoms with Gasteiger partial charge in [0.2, 0.25) is 5.91 Å². The molecule has 4 N–H and O–H groups in total. The first-order valence-corrected chi connectivity index (χ1v) is 7.01. The van der Waals surface area contributed by atoms with Gasteiger partial charge in [0.25, 0.3) is 5.91 Å². The summed E-state index contributed by atoms with van der Waals surface area (Å²) in [5, 5.41) is 5.54. The van der Waals surface area contributed by atoms with E-state index in [0.29, 0.717) is 31.6 Å². The molecule has 0 spiro atoms. The fourth-order valence-electron chi connectivity index (χ4n) is 1.75. The Morgan fingerprint density at radius 1 is 1.20 bits per heavy atom. The maximum Gasteiger partial charge on any atom is 0.251 e. The van der Waals surface area contributed by atoms with Gasteiger partial charge in [-0.3, -0.25) is 9.59 Å². The molecule has 0 aliphatic heterocycles. The van der Waals surface area contributed by atoms with Crippen LogP contribution in [0.4, 0.5) is 0 Å². The van der Waals surface area contributed by atoms with Crippen LogP contribution in [0.2, 0.25) is 0 Å². The van der Waals surface area contributed by atoms with Crippen molar-refractivity contribution in [2.24, 2.45) is 5.73 Å². The monoisotopic (exact) mass is 277 g/mol. The van der Waals surface area contributed by atoms with Crippen LogP contribution >= 0.6 is 0 Å². The third-order valence-corrected chi connectivity index (χ3v) is 2.91. The minimum atomic E-state index is -0.150. The number of nitrogens with two attached hydrogens (primary N) is 1. The molecular weight excluding hydrogens is 254 g/mol. The summed E-state index contributed by atoms with van der Waals surface area (Å²) in [6.45, 7) is 3.33. The molecule has 0 aromatic heterocycles. The van der Waals surface area contributed by atoms with Gasteiger partial charge >= 0.3 is 0 Å². The molecule has 1 rings (SSSR count). The van der Waals surface area contributed by atoms with E-state index in [1.807, 2.05) is 19.1 Å². The summed E-state index contributed by atoms with van der Waals surface area (Å²) in [5.74, 6) is -0.116. The van der Waals surface area contributed by atoms with Crippen LogP contribution in [0.5, 0.6) is 0 Å². The maximum atomic E-state index is 11.9. The van der Waals surface area contributed by atoms with Crippen molar-refractivity contribution in [2.75, 3.05) is 13.1 Å². The highest BCUT2D eigenvalue weighted by Crippen LogP contribution is 2.04. The van der Waals surface area contributed by atoms with Gasteiger partial charge in [-0.25, -0.2) is 0 Å². The van der Waals surface area contributed by atoms with Crippen LogP contribution in [0, 0.1) is 0 Å². The highest BCUT2D eigenvalue weighted by atomic mass is 16.2. The number of nitrogens with one attached hydrogen (secondary N) is 2. The zero-order valence-corrected chi connectivity index (χ0v) is 11.9. The summed E-state index contributed by atoms with van der Waals surface area (Å²) in [5.41, 5.74) is 7.04. The standard InChI is InChI=1S/C15H23N3O2/c1-2-3-7-14(19)17-8-9-18-15(20)13-6-4-5-12(10-13)11-16/h4-6,10H,2-3,7-9,11,16H2,1H3,(H,17,19)(H,18,20). The quantitative estimate of drug-likeness (QED) is 0.624. The number of hydrogen-bond acceptors (Lipinski definition) is 3. The Hall–Kier alpha value is -1.88. The van der Waals surface area contributed by atoms with Crippen molar-refractivity contribution < 1.29 is 9.59 Å². The lowest BCUT2D eigenvalue weighted by molar-refractivity contribution is -0.121. The third-order valence-electron chi connectivity index (χ3n) is 2.91. The van der Waals surface area contributed by atoms with E-state index in [1.54, 1.807) is 12.1 Å². The molecule has 0 saturated heterocycles. The molecule has 0 saturated carbocycles. The molecule has 20 heavy (non-hydrogen) atoms. The predicted molar refractivity (Wildman–Crippen MR) is 79.2 cm³/mol. The number of amides is 2. The summed E-state index contributed by atoms with van der Waals surface area (Å²) < 4.78 is 0. The van der Waals surface area contributed by atoms with Crippen molar-refractivity contribution in [2.45, 2.75) is 32.7 Å². The lowest BCUT2D eigenvalue weighted by Crippen LogP contribution is -2.34. The fraction of sp³-hybridized carbons (Fsp3) is 0.467. The molecule has 0 fully saturated rings. The minimum Gasteiger partial charge on any atom is -0.354 e. The second-order valence-corrected chi connectivity index (χ2v) is 4.61. The summed E-state index contributed by atoms with van der Waals surface area (Å²) in [7, 11) is 0. The number of unbranched alkanes of at least 4 members (excludes halogenated alkanes) is 1. The van der Waals surface area contributed by atoms with Crippen molar-refractivity contribution in [3.8, 4) is 0 Å². The first-order chi connectivity index (χ1) is 9.67. The molecule has 0 unspecified atom stereocenters. The first kappa shape index (κ1) is 16.2. The zero-order valence-electron chi connectivity index (χ0n) is 11.9. The number of rotatable bonds is 8. The Morgan fingerprint density at radius 2 is 1.95 bits per heavy atom. The number of carbonyl (C=O) groups excluding carboxylic acids is 2. The van der Waals surface area contributed by atoms with Crippen LogP contribution in [-0.4, -0.2) is 24.9 Å². The molecule has 0 atom stereocenters. The molecule has 0 bridgehead atoms. The Labute approximate surface area is 119 Å². The van der Waals surface area contributed by atoms with Crippen molar-refractivity contribution >= 4 is 11.8 Å². The second-order valence-electron chi connectivity index (χ2n) is 4.61. The van der Waals surface area contributed by atoms with Crippen molar-refractivity contribution in [1.82, 2.24) is 10.6 Å². The lowest BCUT2D eigenvalue weighted by Gasteiger charge is -2.07. The molecule has 110 valence electrons. The van der Waals surface area contributed by atoms with E-state index in [4.69, 9.17) is 5.73 Å². The second kappa shape index (κ2) is 9.09. The van der Waals surface area contributed by atoms with E-state index in [1.165, 1.54) is 0 Å². The highest BCUT2D eigenvalue weighted by Gasteiger charge is 2.05. The highest BCUT2D eigenvalue weighted by molar-refractivity contribution is 5.94. The normalized spacial score (nSPS) is 10.1. The Kier molecular flexibility index (Phi) is 7.35. The van der Waals surface area contributed by atoms with E-state index in [-0.39, 0.29) is 11.8 Å². The number of carbonyl (C=O) groups is 2. The van der Waals surface area contributed by atoms with Crippen molar-refractivity contribution in [3.63, 3.8) is 0 Å². The summed E-state index contributed by atoms with van der Waals surface area (Å²) in [4.78, 5) is 23.2. The van der Waals surface area contributed by atoms with Crippen LogP contribution in [0.15, 0.2) is 24.3 Å². The van der Waals surface area contributed by atoms with Gasteiger partial charge < -0.3 is 16.4 Å². The van der Waals surface area contributed by atoms with Gasteiger partial charge in [0.15, 0.2) is 0 Å². The van der Waals surface area contributed by atoms with Gasteiger partial charge in [0, 0.05) is 31.6 Å². The van der Waals surface area contributed by atoms with E-state index in [2.05, 4.69) is 10.6 Å². The van der Waals surface area contributed by atoms with Crippen LogP contribution < -0.4 is 16.4 Å². The van der Waals surface area contributed by atoms with Crippen molar-refractivity contribution in [1.29, 1.82) is 0 Å². The van der Waals surface area contributed by atoms with Crippen LogP contribution in [0.3, 0.4) is 0 Å². The molecule has 0 radical (unpaired) electrons. The van der Waals surface area contributed by atoms with Crippen LogP contribution in [0.1, 0.15) is 42.1 Å². The molecule has 1 aromatic carbocycles. The van der Waals surface area contributed by atoms with Crippen LogP contribution in [0.25, 0.3) is 0 Å². The van der Waals surface area contributed by atoms with Gasteiger partial charge in [-0.1, -0.05) is 25.5 Å². The van der Waals surface area contributed by atoms with Gasteiger partial charge in [-0.2, -0.15) is 0 Å². The molecular formula is C15H23N3O2. The summed E-state index contributed by atoms with van der Waals surface area (Å²) >= 11 is 0. The summed E-state index contributed by atoms with van der Waals surface area (Å²) in [6, 6.07) is 7.21. The van der Waals surface area contributed by atoms with Gasteiger partial charge in [-0.15, -0.1) is 0 Å². The Morgan fingerprint density at radius 3 is 2.65 bits per heavy atom. The van der Waals surface area contributed by atoms with Crippen LogP contribution in [-0.2, 0) is 11.3 Å². The van der Waals surface area contributed by atoms with E-state index < -0.39 is 0 Å². The average Bonchev–Trinajstić information content (AvgIpc) is 2.49. The van der Waals surface area contributed by atoms with Crippen molar-refractivity contribution in [3.05, 3.63) is 35.4 Å². The molecule has 1 aromatic rings.